The van der Waals surface area contributed by atoms with Gasteiger partial charge in [0.25, 0.3) is 5.95 Å². The molecule has 9 nitrogen and oxygen atoms in total. The zero-order valence-corrected chi connectivity index (χ0v) is 11.6. The third kappa shape index (κ3) is 2.92. The van der Waals surface area contributed by atoms with E-state index in [1.165, 1.54) is 23.8 Å². The van der Waals surface area contributed by atoms with Crippen molar-refractivity contribution in [2.45, 2.75) is 31.7 Å². The topological polar surface area (TPSA) is 119 Å². The Hall–Kier alpha value is -2.29. The smallest absolute Gasteiger partial charge is 0.258 e. The lowest BCUT2D eigenvalue weighted by Gasteiger charge is -2.37. The van der Waals surface area contributed by atoms with E-state index in [0.717, 1.165) is 12.8 Å². The number of nitrogens with two attached hydrogens (primary N) is 1. The number of rotatable bonds is 6. The molecule has 0 amide bonds. The van der Waals surface area contributed by atoms with Crippen LogP contribution in [0.25, 0.3) is 5.95 Å². The van der Waals surface area contributed by atoms with Gasteiger partial charge in [-0.2, -0.15) is 24.7 Å². The second kappa shape index (κ2) is 6.00. The van der Waals surface area contributed by atoms with Gasteiger partial charge in [0, 0.05) is 19.2 Å². The van der Waals surface area contributed by atoms with Crippen LogP contribution in [-0.2, 0) is 0 Å². The minimum Gasteiger partial charge on any atom is -0.396 e. The second-order valence-corrected chi connectivity index (χ2v) is 4.99. The van der Waals surface area contributed by atoms with Crippen LogP contribution in [0.2, 0.25) is 0 Å². The van der Waals surface area contributed by atoms with E-state index in [4.69, 9.17) is 10.8 Å². The first-order valence-electron chi connectivity index (χ1n) is 7.02. The molecule has 3 N–H and O–H groups in total. The Morgan fingerprint density at radius 3 is 2.81 bits per heavy atom. The van der Waals surface area contributed by atoms with Crippen LogP contribution in [0.3, 0.4) is 0 Å². The number of nitrogen functional groups attached to an aromatic ring is 1. The Morgan fingerprint density at radius 1 is 1.33 bits per heavy atom. The minimum absolute atomic E-state index is 0.139. The maximum absolute atomic E-state index is 9.07. The average Bonchev–Trinajstić information content (AvgIpc) is 2.94. The van der Waals surface area contributed by atoms with Crippen LogP contribution in [0.1, 0.15) is 25.7 Å². The lowest BCUT2D eigenvalue weighted by Crippen LogP contribution is -2.42. The molecule has 0 bridgehead atoms. The van der Waals surface area contributed by atoms with Gasteiger partial charge in [-0.15, -0.1) is 0 Å². The number of nitrogens with zero attached hydrogens (tertiary/aromatic N) is 7. The van der Waals surface area contributed by atoms with Crippen LogP contribution in [0.4, 0.5) is 11.9 Å². The highest BCUT2D eigenvalue weighted by atomic mass is 16.3. The van der Waals surface area contributed by atoms with Crippen LogP contribution >= 0.6 is 0 Å². The van der Waals surface area contributed by atoms with E-state index in [2.05, 4.69) is 29.9 Å². The summed E-state index contributed by atoms with van der Waals surface area (Å²) in [5.41, 5.74) is 5.79. The highest BCUT2D eigenvalue weighted by Gasteiger charge is 2.27. The molecule has 0 aromatic carbocycles. The quantitative estimate of drug-likeness (QED) is 0.749. The van der Waals surface area contributed by atoms with Crippen molar-refractivity contribution in [1.82, 2.24) is 29.7 Å². The van der Waals surface area contributed by atoms with E-state index in [-0.39, 0.29) is 12.6 Å². The summed E-state index contributed by atoms with van der Waals surface area (Å²) in [6.45, 7) is 0.834. The fraction of sp³-hybridized carbons (Fsp3) is 0.583. The first kappa shape index (κ1) is 13.7. The highest BCUT2D eigenvalue weighted by Crippen LogP contribution is 2.28. The number of hydrogen-bond acceptors (Lipinski definition) is 8. The zero-order valence-electron chi connectivity index (χ0n) is 11.6. The molecule has 0 unspecified atom stereocenters. The van der Waals surface area contributed by atoms with Crippen molar-refractivity contribution >= 4 is 11.9 Å². The molecule has 2 aromatic rings. The average molecular weight is 290 g/mol. The van der Waals surface area contributed by atoms with Gasteiger partial charge in [-0.05, 0) is 25.7 Å². The largest absolute Gasteiger partial charge is 0.396 e. The first-order valence-corrected chi connectivity index (χ1v) is 7.02. The van der Waals surface area contributed by atoms with Crippen LogP contribution in [0.15, 0.2) is 12.7 Å². The van der Waals surface area contributed by atoms with Crippen molar-refractivity contribution in [3.63, 3.8) is 0 Å². The summed E-state index contributed by atoms with van der Waals surface area (Å²) in [4.78, 5) is 18.7. The minimum atomic E-state index is 0.139. The zero-order chi connectivity index (χ0) is 14.7. The Bertz CT molecular complexity index is 583. The van der Waals surface area contributed by atoms with Gasteiger partial charge in [0.15, 0.2) is 0 Å². The molecule has 0 spiro atoms. The number of hydrogen-bond donors (Lipinski definition) is 2. The van der Waals surface area contributed by atoms with Crippen LogP contribution in [0.5, 0.6) is 0 Å². The third-order valence-electron chi connectivity index (χ3n) is 3.58. The molecule has 9 heteroatoms. The molecule has 1 fully saturated rings. The molecule has 2 heterocycles. The van der Waals surface area contributed by atoms with Crippen molar-refractivity contribution < 1.29 is 5.11 Å². The summed E-state index contributed by atoms with van der Waals surface area (Å²) in [5.74, 6) is 1.04. The molecule has 0 saturated heterocycles. The molecule has 0 atom stereocenters. The monoisotopic (exact) mass is 290 g/mol. The second-order valence-electron chi connectivity index (χ2n) is 4.99. The Balaban J connectivity index is 1.91. The molecule has 1 aliphatic carbocycles. The summed E-state index contributed by atoms with van der Waals surface area (Å²) < 4.78 is 1.45. The standard InChI is InChI=1S/C12H18N8O/c13-10-16-11(18-12(17-10)20-8-14-7-15-20)19(5-2-6-21)9-3-1-4-9/h7-9,21H,1-6H2,(H2,13,16,17,18). The summed E-state index contributed by atoms with van der Waals surface area (Å²) in [5, 5.41) is 13.1. The predicted molar refractivity (Wildman–Crippen MR) is 75.8 cm³/mol. The van der Waals surface area contributed by atoms with Gasteiger partial charge in [0.1, 0.15) is 12.7 Å². The summed E-state index contributed by atoms with van der Waals surface area (Å²) in [7, 11) is 0. The predicted octanol–water partition coefficient (Wildman–Crippen LogP) is -0.224. The molecular weight excluding hydrogens is 272 g/mol. The SMILES string of the molecule is Nc1nc(N(CCCO)C2CCC2)nc(-n2cncn2)n1. The number of aliphatic hydroxyl groups excluding tert-OH is 1. The van der Waals surface area contributed by atoms with Gasteiger partial charge in [0.05, 0.1) is 0 Å². The Morgan fingerprint density at radius 2 is 2.19 bits per heavy atom. The van der Waals surface area contributed by atoms with Gasteiger partial charge in [-0.25, -0.2) is 4.98 Å². The van der Waals surface area contributed by atoms with Crippen LogP contribution in [0, 0.1) is 0 Å². The van der Waals surface area contributed by atoms with E-state index >= 15 is 0 Å². The molecule has 0 radical (unpaired) electrons. The van der Waals surface area contributed by atoms with Crippen LogP contribution < -0.4 is 10.6 Å². The Kier molecular flexibility index (Phi) is 3.91. The normalized spacial score (nSPS) is 14.9. The summed E-state index contributed by atoms with van der Waals surface area (Å²) in [6.07, 6.45) is 7.01. The third-order valence-corrected chi connectivity index (χ3v) is 3.58. The van der Waals surface area contributed by atoms with Crippen molar-refractivity contribution in [2.24, 2.45) is 0 Å². The van der Waals surface area contributed by atoms with Gasteiger partial charge in [-0.3, -0.25) is 0 Å². The molecule has 3 rings (SSSR count). The fourth-order valence-electron chi connectivity index (χ4n) is 2.30. The summed E-state index contributed by atoms with van der Waals surface area (Å²) in [6, 6.07) is 0.405. The van der Waals surface area contributed by atoms with Gasteiger partial charge >= 0.3 is 0 Å². The molecule has 2 aromatic heterocycles. The molecule has 1 saturated carbocycles. The number of anilines is 2. The molecule has 0 aliphatic heterocycles. The van der Waals surface area contributed by atoms with Crippen molar-refractivity contribution in [3.8, 4) is 5.95 Å². The van der Waals surface area contributed by atoms with E-state index < -0.39 is 0 Å². The van der Waals surface area contributed by atoms with Crippen molar-refractivity contribution in [3.05, 3.63) is 12.7 Å². The van der Waals surface area contributed by atoms with Crippen LogP contribution in [-0.4, -0.2) is 54.0 Å². The molecular formula is C12H18N8O. The molecule has 21 heavy (non-hydrogen) atoms. The van der Waals surface area contributed by atoms with E-state index in [1.54, 1.807) is 0 Å². The van der Waals surface area contributed by atoms with Gasteiger partial charge in [0.2, 0.25) is 11.9 Å². The highest BCUT2D eigenvalue weighted by molar-refractivity contribution is 5.39. The van der Waals surface area contributed by atoms with Gasteiger partial charge < -0.3 is 15.7 Å². The van der Waals surface area contributed by atoms with E-state index in [0.29, 0.717) is 30.9 Å². The fourth-order valence-corrected chi connectivity index (χ4v) is 2.30. The molecule has 1 aliphatic rings. The van der Waals surface area contributed by atoms with Crippen molar-refractivity contribution in [2.75, 3.05) is 23.8 Å². The number of aliphatic hydroxyl groups is 1. The molecule has 112 valence electrons. The van der Waals surface area contributed by atoms with E-state index in [1.807, 2.05) is 0 Å². The van der Waals surface area contributed by atoms with Crippen molar-refractivity contribution in [1.29, 1.82) is 0 Å². The maximum atomic E-state index is 9.07. The maximum Gasteiger partial charge on any atom is 0.258 e. The van der Waals surface area contributed by atoms with E-state index in [9.17, 15) is 0 Å². The number of aromatic nitrogens is 6. The lowest BCUT2D eigenvalue weighted by molar-refractivity contribution is 0.282. The first-order chi connectivity index (χ1) is 10.3. The summed E-state index contributed by atoms with van der Waals surface area (Å²) >= 11 is 0. The Labute approximate surface area is 121 Å². The lowest BCUT2D eigenvalue weighted by atomic mass is 9.91. The van der Waals surface area contributed by atoms with Gasteiger partial charge in [-0.1, -0.05) is 0 Å².